The smallest absolute Gasteiger partial charge is 0.338 e. The quantitative estimate of drug-likeness (QED) is 0.646. The Morgan fingerprint density at radius 3 is 2.52 bits per heavy atom. The van der Waals surface area contributed by atoms with Gasteiger partial charge in [-0.05, 0) is 44.4 Å². The van der Waals surface area contributed by atoms with E-state index in [0.717, 1.165) is 12.1 Å². The SMILES string of the molecule is COc1cc(C(=O)OCC(=O)Nc2c(C)nn(C)c2C)ccc1OCCC(C)C. The van der Waals surface area contributed by atoms with Crippen molar-refractivity contribution in [2.24, 2.45) is 13.0 Å². The van der Waals surface area contributed by atoms with Gasteiger partial charge in [-0.25, -0.2) is 4.79 Å². The fraction of sp³-hybridized carbons (Fsp3) is 0.476. The van der Waals surface area contributed by atoms with E-state index in [-0.39, 0.29) is 5.56 Å². The lowest BCUT2D eigenvalue weighted by Crippen LogP contribution is -2.21. The number of rotatable bonds is 9. The summed E-state index contributed by atoms with van der Waals surface area (Å²) in [6.45, 7) is 8.04. The van der Waals surface area contributed by atoms with Gasteiger partial charge in [0.1, 0.15) is 0 Å². The fourth-order valence-electron chi connectivity index (χ4n) is 2.66. The molecule has 0 saturated carbocycles. The van der Waals surface area contributed by atoms with Crippen LogP contribution >= 0.6 is 0 Å². The molecule has 0 atom stereocenters. The molecule has 29 heavy (non-hydrogen) atoms. The second-order valence-corrected chi connectivity index (χ2v) is 7.19. The van der Waals surface area contributed by atoms with Crippen molar-refractivity contribution in [2.45, 2.75) is 34.1 Å². The summed E-state index contributed by atoms with van der Waals surface area (Å²) in [6.07, 6.45) is 0.915. The van der Waals surface area contributed by atoms with Crippen LogP contribution in [0, 0.1) is 19.8 Å². The van der Waals surface area contributed by atoms with Crippen LogP contribution in [-0.4, -0.2) is 42.0 Å². The van der Waals surface area contributed by atoms with Crippen LogP contribution in [0.15, 0.2) is 18.2 Å². The Kier molecular flexibility index (Phi) is 7.64. The Labute approximate surface area is 171 Å². The molecule has 0 aliphatic rings. The Balaban J connectivity index is 1.95. The van der Waals surface area contributed by atoms with Gasteiger partial charge in [0.15, 0.2) is 18.1 Å². The van der Waals surface area contributed by atoms with Crippen molar-refractivity contribution in [3.63, 3.8) is 0 Å². The molecule has 0 unspecified atom stereocenters. The third-order valence-electron chi connectivity index (χ3n) is 4.46. The number of anilines is 1. The number of amides is 1. The molecule has 0 spiro atoms. The average Bonchev–Trinajstić information content (AvgIpc) is 2.92. The van der Waals surface area contributed by atoms with E-state index >= 15 is 0 Å². The summed E-state index contributed by atoms with van der Waals surface area (Å²) in [5, 5.41) is 6.96. The molecule has 1 aromatic heterocycles. The molecule has 8 heteroatoms. The molecule has 0 radical (unpaired) electrons. The summed E-state index contributed by atoms with van der Waals surface area (Å²) in [7, 11) is 3.30. The largest absolute Gasteiger partial charge is 0.493 e. The van der Waals surface area contributed by atoms with Gasteiger partial charge in [-0.2, -0.15) is 5.10 Å². The standard InChI is InChI=1S/C21H29N3O5/c1-13(2)9-10-28-17-8-7-16(11-18(17)27-6)21(26)29-12-19(25)22-20-14(3)23-24(5)15(20)4/h7-8,11,13H,9-10,12H2,1-6H3,(H,22,25). The fourth-order valence-corrected chi connectivity index (χ4v) is 2.66. The number of hydrogen-bond acceptors (Lipinski definition) is 6. The zero-order valence-corrected chi connectivity index (χ0v) is 17.9. The van der Waals surface area contributed by atoms with Crippen molar-refractivity contribution in [3.8, 4) is 11.5 Å². The summed E-state index contributed by atoms with van der Waals surface area (Å²) in [5.74, 6) is 0.477. The minimum atomic E-state index is -0.619. The van der Waals surface area contributed by atoms with Gasteiger partial charge in [-0.3, -0.25) is 9.48 Å². The molecule has 1 heterocycles. The molecule has 1 amide bonds. The first-order valence-corrected chi connectivity index (χ1v) is 9.51. The predicted molar refractivity (Wildman–Crippen MR) is 110 cm³/mol. The molecule has 158 valence electrons. The molecule has 2 aromatic rings. The van der Waals surface area contributed by atoms with Crippen LogP contribution in [-0.2, 0) is 16.6 Å². The first kappa shape index (κ1) is 22.3. The number of benzene rings is 1. The summed E-state index contributed by atoms with van der Waals surface area (Å²) in [5.41, 5.74) is 2.42. The van der Waals surface area contributed by atoms with Crippen LogP contribution in [0.3, 0.4) is 0 Å². The summed E-state index contributed by atoms with van der Waals surface area (Å²) in [6, 6.07) is 4.79. The number of carbonyl (C=O) groups is 2. The van der Waals surface area contributed by atoms with E-state index in [1.807, 2.05) is 6.92 Å². The minimum Gasteiger partial charge on any atom is -0.493 e. The molecule has 0 saturated heterocycles. The van der Waals surface area contributed by atoms with E-state index in [4.69, 9.17) is 14.2 Å². The van der Waals surface area contributed by atoms with Crippen LogP contribution in [0.4, 0.5) is 5.69 Å². The Bertz CT molecular complexity index is 873. The van der Waals surface area contributed by atoms with Crippen molar-refractivity contribution in [2.75, 3.05) is 25.6 Å². The second-order valence-electron chi connectivity index (χ2n) is 7.19. The second kappa shape index (κ2) is 9.95. The van der Waals surface area contributed by atoms with Crippen molar-refractivity contribution < 1.29 is 23.8 Å². The van der Waals surface area contributed by atoms with Crippen molar-refractivity contribution in [1.29, 1.82) is 0 Å². The van der Waals surface area contributed by atoms with Gasteiger partial charge in [0.05, 0.1) is 36.4 Å². The number of nitrogens with one attached hydrogen (secondary N) is 1. The maximum atomic E-state index is 12.3. The first-order chi connectivity index (χ1) is 13.7. The normalized spacial score (nSPS) is 10.7. The van der Waals surface area contributed by atoms with Gasteiger partial charge in [-0.15, -0.1) is 0 Å². The Morgan fingerprint density at radius 1 is 1.21 bits per heavy atom. The van der Waals surface area contributed by atoms with Gasteiger partial charge in [0.25, 0.3) is 5.91 Å². The zero-order valence-electron chi connectivity index (χ0n) is 17.9. The van der Waals surface area contributed by atoms with E-state index in [0.29, 0.717) is 35.4 Å². The summed E-state index contributed by atoms with van der Waals surface area (Å²) in [4.78, 5) is 24.4. The third-order valence-corrected chi connectivity index (χ3v) is 4.46. The van der Waals surface area contributed by atoms with Gasteiger partial charge < -0.3 is 19.5 Å². The van der Waals surface area contributed by atoms with Crippen molar-refractivity contribution >= 4 is 17.6 Å². The molecule has 0 aliphatic carbocycles. The van der Waals surface area contributed by atoms with E-state index in [1.165, 1.54) is 7.11 Å². The molecule has 8 nitrogen and oxygen atoms in total. The van der Waals surface area contributed by atoms with Crippen LogP contribution < -0.4 is 14.8 Å². The molecule has 1 N–H and O–H groups in total. The highest BCUT2D eigenvalue weighted by Crippen LogP contribution is 2.28. The maximum Gasteiger partial charge on any atom is 0.338 e. The summed E-state index contributed by atoms with van der Waals surface area (Å²) < 4.78 is 17.8. The molecule has 0 aliphatic heterocycles. The number of aromatic nitrogens is 2. The van der Waals surface area contributed by atoms with Crippen LogP contribution in [0.5, 0.6) is 11.5 Å². The number of methoxy groups -OCH3 is 1. The molecule has 0 fully saturated rings. The topological polar surface area (TPSA) is 91.7 Å². The third kappa shape index (κ3) is 5.97. The van der Waals surface area contributed by atoms with Crippen molar-refractivity contribution in [3.05, 3.63) is 35.2 Å². The number of aryl methyl sites for hydroxylation is 2. The highest BCUT2D eigenvalue weighted by atomic mass is 16.5. The number of hydrogen-bond donors (Lipinski definition) is 1. The first-order valence-electron chi connectivity index (χ1n) is 9.51. The molecule has 0 bridgehead atoms. The summed E-state index contributed by atoms with van der Waals surface area (Å²) >= 11 is 0. The number of esters is 1. The molecule has 2 rings (SSSR count). The zero-order chi connectivity index (χ0) is 21.6. The lowest BCUT2D eigenvalue weighted by molar-refractivity contribution is -0.119. The Hall–Kier alpha value is -3.03. The predicted octanol–water partition coefficient (Wildman–Crippen LogP) is 3.27. The van der Waals surface area contributed by atoms with Crippen LogP contribution in [0.2, 0.25) is 0 Å². The minimum absolute atomic E-state index is 0.277. The average molecular weight is 403 g/mol. The monoisotopic (exact) mass is 403 g/mol. The van der Waals surface area contributed by atoms with E-state index < -0.39 is 18.5 Å². The molecule has 1 aromatic carbocycles. The highest BCUT2D eigenvalue weighted by molar-refractivity contribution is 5.96. The highest BCUT2D eigenvalue weighted by Gasteiger charge is 2.16. The lowest BCUT2D eigenvalue weighted by atomic mass is 10.1. The number of carbonyl (C=O) groups excluding carboxylic acids is 2. The molecular weight excluding hydrogens is 374 g/mol. The van der Waals surface area contributed by atoms with Gasteiger partial charge in [0, 0.05) is 7.05 Å². The van der Waals surface area contributed by atoms with Crippen molar-refractivity contribution in [1.82, 2.24) is 9.78 Å². The van der Waals surface area contributed by atoms with E-state index in [9.17, 15) is 9.59 Å². The van der Waals surface area contributed by atoms with E-state index in [1.54, 1.807) is 36.9 Å². The van der Waals surface area contributed by atoms with Gasteiger partial charge in [0.2, 0.25) is 0 Å². The van der Waals surface area contributed by atoms with Gasteiger partial charge in [-0.1, -0.05) is 13.8 Å². The van der Waals surface area contributed by atoms with Crippen LogP contribution in [0.25, 0.3) is 0 Å². The lowest BCUT2D eigenvalue weighted by Gasteiger charge is -2.13. The van der Waals surface area contributed by atoms with Gasteiger partial charge >= 0.3 is 5.97 Å². The Morgan fingerprint density at radius 2 is 1.93 bits per heavy atom. The molecular formula is C21H29N3O5. The maximum absolute atomic E-state index is 12.3. The van der Waals surface area contributed by atoms with E-state index in [2.05, 4.69) is 24.3 Å². The van der Waals surface area contributed by atoms with Crippen LogP contribution in [0.1, 0.15) is 42.0 Å². The number of nitrogens with zero attached hydrogens (tertiary/aromatic N) is 2. The number of ether oxygens (including phenoxy) is 3.